The molecule has 146 valence electrons. The lowest BCUT2D eigenvalue weighted by atomic mass is 10.0. The van der Waals surface area contributed by atoms with Gasteiger partial charge in [0.1, 0.15) is 0 Å². The van der Waals surface area contributed by atoms with Crippen LogP contribution in [0.1, 0.15) is 47.8 Å². The zero-order valence-corrected chi connectivity index (χ0v) is 16.3. The van der Waals surface area contributed by atoms with Crippen molar-refractivity contribution in [1.29, 1.82) is 0 Å². The van der Waals surface area contributed by atoms with Crippen molar-refractivity contribution in [3.05, 3.63) is 78.5 Å². The van der Waals surface area contributed by atoms with Gasteiger partial charge < -0.3 is 5.11 Å². The Morgan fingerprint density at radius 1 is 1.04 bits per heavy atom. The zero-order chi connectivity index (χ0) is 20.1. The van der Waals surface area contributed by atoms with Gasteiger partial charge in [0.2, 0.25) is 0 Å². The molecule has 3 rings (SSSR count). The third-order valence-corrected chi connectivity index (χ3v) is 6.50. The molecule has 28 heavy (non-hydrogen) atoms. The van der Waals surface area contributed by atoms with Crippen LogP contribution in [0.3, 0.4) is 0 Å². The van der Waals surface area contributed by atoms with Crippen LogP contribution in [0.5, 0.6) is 0 Å². The van der Waals surface area contributed by atoms with Gasteiger partial charge in [0, 0.05) is 10.9 Å². The van der Waals surface area contributed by atoms with Crippen molar-refractivity contribution in [2.45, 2.75) is 36.7 Å². The average Bonchev–Trinajstić information content (AvgIpc) is 3.07. The molecular formula is C22H23NO4S. The molecule has 0 amide bonds. The maximum Gasteiger partial charge on any atom is 0.268 e. The molecule has 0 aliphatic heterocycles. The summed E-state index contributed by atoms with van der Waals surface area (Å²) in [7, 11) is -3.98. The van der Waals surface area contributed by atoms with E-state index in [0.29, 0.717) is 30.0 Å². The Morgan fingerprint density at radius 3 is 2.39 bits per heavy atom. The molecule has 1 unspecified atom stereocenters. The van der Waals surface area contributed by atoms with Gasteiger partial charge >= 0.3 is 0 Å². The summed E-state index contributed by atoms with van der Waals surface area (Å²) in [6.45, 7) is 3.68. The lowest BCUT2D eigenvalue weighted by Gasteiger charge is -2.17. The molecule has 1 aromatic heterocycles. The van der Waals surface area contributed by atoms with Gasteiger partial charge in [-0.3, -0.25) is 4.79 Å². The van der Waals surface area contributed by atoms with Crippen LogP contribution in [-0.4, -0.2) is 23.8 Å². The van der Waals surface area contributed by atoms with Crippen molar-refractivity contribution in [2.75, 3.05) is 0 Å². The first-order valence-electron chi connectivity index (χ1n) is 9.20. The number of para-hydroxylation sites is 1. The van der Waals surface area contributed by atoms with Crippen LogP contribution < -0.4 is 0 Å². The molecule has 1 atom stereocenters. The highest BCUT2D eigenvalue weighted by Gasteiger charge is 2.30. The minimum atomic E-state index is -3.98. The van der Waals surface area contributed by atoms with Gasteiger partial charge in [-0.2, -0.15) is 0 Å². The molecule has 0 saturated heterocycles. The van der Waals surface area contributed by atoms with Crippen LogP contribution in [0.25, 0.3) is 10.9 Å². The Morgan fingerprint density at radius 2 is 1.71 bits per heavy atom. The highest BCUT2D eigenvalue weighted by atomic mass is 32.2. The van der Waals surface area contributed by atoms with E-state index in [1.807, 2.05) is 0 Å². The lowest BCUT2D eigenvalue weighted by molar-refractivity contribution is 0.111. The van der Waals surface area contributed by atoms with E-state index >= 15 is 0 Å². The quantitative estimate of drug-likeness (QED) is 0.328. The van der Waals surface area contributed by atoms with Crippen molar-refractivity contribution in [3.8, 4) is 0 Å². The largest absolute Gasteiger partial charge is 0.387 e. The Labute approximate surface area is 165 Å². The van der Waals surface area contributed by atoms with E-state index < -0.39 is 16.1 Å². The molecular weight excluding hydrogens is 374 g/mol. The van der Waals surface area contributed by atoms with Crippen LogP contribution >= 0.6 is 0 Å². The molecule has 0 radical (unpaired) electrons. The fourth-order valence-corrected chi connectivity index (χ4v) is 5.02. The standard InChI is InChI=1S/C22H23NO4S/c1-2-3-4-8-15-21(25)22-19(16-24)18-13-9-10-14-20(18)23(22)28(26,27)17-11-6-5-7-12-17/h2,5-7,9-14,16,21,25H,1,3-4,8,15H2. The van der Waals surface area contributed by atoms with Crippen LogP contribution in [0.4, 0.5) is 0 Å². The number of aliphatic hydroxyl groups excluding tert-OH is 1. The zero-order valence-electron chi connectivity index (χ0n) is 15.5. The number of carbonyl (C=O) groups is 1. The van der Waals surface area contributed by atoms with E-state index in [-0.39, 0.29) is 16.2 Å². The maximum absolute atomic E-state index is 13.4. The fourth-order valence-electron chi connectivity index (χ4n) is 3.41. The lowest BCUT2D eigenvalue weighted by Crippen LogP contribution is -2.18. The number of unbranched alkanes of at least 4 members (excludes halogenated alkanes) is 2. The number of rotatable bonds is 9. The van der Waals surface area contributed by atoms with Gasteiger partial charge in [0.15, 0.2) is 6.29 Å². The van der Waals surface area contributed by atoms with E-state index in [0.717, 1.165) is 16.8 Å². The Kier molecular flexibility index (Phi) is 6.11. The Bertz CT molecular complexity index is 1080. The van der Waals surface area contributed by atoms with Crippen LogP contribution in [0, 0.1) is 0 Å². The SMILES string of the molecule is C=CCCCCC(O)c1c(C=O)c2ccccc2n1S(=O)(=O)c1ccccc1. The summed E-state index contributed by atoms with van der Waals surface area (Å²) in [5, 5.41) is 11.4. The van der Waals surface area contributed by atoms with Crippen molar-refractivity contribution in [2.24, 2.45) is 0 Å². The smallest absolute Gasteiger partial charge is 0.268 e. The number of carbonyl (C=O) groups excluding carboxylic acids is 1. The highest BCUT2D eigenvalue weighted by Crippen LogP contribution is 2.34. The number of aldehydes is 1. The van der Waals surface area contributed by atoms with Gasteiger partial charge in [0.25, 0.3) is 10.0 Å². The molecule has 1 heterocycles. The summed E-state index contributed by atoms with van der Waals surface area (Å²) in [5.74, 6) is 0. The average molecular weight is 397 g/mol. The summed E-state index contributed by atoms with van der Waals surface area (Å²) >= 11 is 0. The summed E-state index contributed by atoms with van der Waals surface area (Å²) in [6.07, 6.45) is 4.06. The van der Waals surface area contributed by atoms with E-state index in [2.05, 4.69) is 6.58 Å². The molecule has 3 aromatic rings. The second kappa shape index (κ2) is 8.54. The second-order valence-corrected chi connectivity index (χ2v) is 8.39. The van der Waals surface area contributed by atoms with Gasteiger partial charge in [0.05, 0.1) is 22.2 Å². The van der Waals surface area contributed by atoms with Crippen molar-refractivity contribution >= 4 is 27.2 Å². The Balaban J connectivity index is 2.20. The number of fused-ring (bicyclic) bond motifs is 1. The third kappa shape index (κ3) is 3.66. The first-order valence-corrected chi connectivity index (χ1v) is 10.6. The molecule has 0 aliphatic rings. The molecule has 0 saturated carbocycles. The van der Waals surface area contributed by atoms with Crippen LogP contribution in [-0.2, 0) is 10.0 Å². The monoisotopic (exact) mass is 397 g/mol. The number of nitrogens with zero attached hydrogens (tertiary/aromatic N) is 1. The van der Waals surface area contributed by atoms with Gasteiger partial charge in [-0.1, -0.05) is 48.9 Å². The van der Waals surface area contributed by atoms with Crippen molar-refractivity contribution < 1.29 is 18.3 Å². The van der Waals surface area contributed by atoms with E-state index in [1.54, 1.807) is 48.5 Å². The molecule has 5 nitrogen and oxygen atoms in total. The normalized spacial score (nSPS) is 12.8. The minimum Gasteiger partial charge on any atom is -0.387 e. The molecule has 0 spiro atoms. The number of aromatic nitrogens is 1. The number of hydrogen-bond acceptors (Lipinski definition) is 4. The van der Waals surface area contributed by atoms with Gasteiger partial charge in [-0.05, 0) is 37.5 Å². The van der Waals surface area contributed by atoms with Gasteiger partial charge in [-0.15, -0.1) is 6.58 Å². The van der Waals surface area contributed by atoms with E-state index in [1.165, 1.54) is 12.1 Å². The maximum atomic E-state index is 13.4. The fraction of sp³-hybridized carbons (Fsp3) is 0.227. The molecule has 0 bridgehead atoms. The van der Waals surface area contributed by atoms with Crippen LogP contribution in [0.2, 0.25) is 0 Å². The first kappa shape index (κ1) is 20.0. The number of aliphatic hydroxyl groups is 1. The number of allylic oxidation sites excluding steroid dienone is 1. The summed E-state index contributed by atoms with van der Waals surface area (Å²) in [4.78, 5) is 12.0. The van der Waals surface area contributed by atoms with Crippen molar-refractivity contribution in [3.63, 3.8) is 0 Å². The second-order valence-electron chi connectivity index (χ2n) is 6.61. The predicted molar refractivity (Wildman–Crippen MR) is 110 cm³/mol. The molecule has 0 fully saturated rings. The minimum absolute atomic E-state index is 0.105. The number of benzene rings is 2. The van der Waals surface area contributed by atoms with E-state index in [4.69, 9.17) is 0 Å². The third-order valence-electron chi connectivity index (χ3n) is 4.76. The Hall–Kier alpha value is -2.70. The van der Waals surface area contributed by atoms with Crippen molar-refractivity contribution in [1.82, 2.24) is 3.97 Å². The van der Waals surface area contributed by atoms with Crippen LogP contribution in [0.15, 0.2) is 72.1 Å². The molecule has 2 aromatic carbocycles. The topological polar surface area (TPSA) is 76.4 Å². The predicted octanol–water partition coefficient (Wildman–Crippen LogP) is 4.47. The molecule has 1 N–H and O–H groups in total. The molecule has 0 aliphatic carbocycles. The number of hydrogen-bond donors (Lipinski definition) is 1. The van der Waals surface area contributed by atoms with E-state index in [9.17, 15) is 18.3 Å². The molecule has 6 heteroatoms. The summed E-state index contributed by atoms with van der Waals surface area (Å²) in [5.41, 5.74) is 0.721. The summed E-state index contributed by atoms with van der Waals surface area (Å²) < 4.78 is 27.9. The first-order chi connectivity index (χ1) is 13.5. The summed E-state index contributed by atoms with van der Waals surface area (Å²) in [6, 6.07) is 14.8. The highest BCUT2D eigenvalue weighted by molar-refractivity contribution is 7.90. The van der Waals surface area contributed by atoms with Gasteiger partial charge in [-0.25, -0.2) is 12.4 Å².